The van der Waals surface area contributed by atoms with Crippen LogP contribution in [0.2, 0.25) is 0 Å². The second kappa shape index (κ2) is 7.02. The van der Waals surface area contributed by atoms with E-state index in [1.807, 2.05) is 17.5 Å². The number of phenolic OH excluding ortho intramolecular Hbond substituents is 1. The zero-order valence-electron chi connectivity index (χ0n) is 14.0. The largest absolute Gasteiger partial charge is 0.508 e. The van der Waals surface area contributed by atoms with Crippen molar-refractivity contribution in [2.24, 2.45) is 0 Å². The minimum atomic E-state index is -0.763. The summed E-state index contributed by atoms with van der Waals surface area (Å²) in [6, 6.07) is 12.9. The normalized spacial score (nSPS) is 17.0. The molecule has 0 spiro atoms. The number of ketones is 1. The zero-order valence-corrected chi connectivity index (χ0v) is 15.7. The first-order chi connectivity index (χ1) is 13.1. The van der Waals surface area contributed by atoms with Gasteiger partial charge in [0.25, 0.3) is 5.91 Å². The Hall–Kier alpha value is -2.90. The molecular weight excluding hydrogens is 382 g/mol. The summed E-state index contributed by atoms with van der Waals surface area (Å²) in [6.07, 6.45) is 0. The molecule has 0 saturated heterocycles. The Morgan fingerprint density at radius 2 is 1.81 bits per heavy atom. The van der Waals surface area contributed by atoms with Crippen LogP contribution in [0.3, 0.4) is 0 Å². The third-order valence-corrected chi connectivity index (χ3v) is 6.12. The third-order valence-electron chi connectivity index (χ3n) is 4.39. The summed E-state index contributed by atoms with van der Waals surface area (Å²) in [5.74, 6) is -1.46. The number of aliphatic hydroxyl groups excluding tert-OH is 1. The lowest BCUT2D eigenvalue weighted by Crippen LogP contribution is -2.30. The van der Waals surface area contributed by atoms with Gasteiger partial charge in [0.15, 0.2) is 5.76 Å². The predicted molar refractivity (Wildman–Crippen MR) is 104 cm³/mol. The lowest BCUT2D eigenvalue weighted by molar-refractivity contribution is -0.130. The number of Topliss-reactive ketones (excluding diaryl/α,β-unsaturated/α-hetero) is 1. The Morgan fingerprint density at radius 3 is 2.48 bits per heavy atom. The molecule has 2 N–H and O–H groups in total. The number of carbonyl (C=O) groups is 2. The Morgan fingerprint density at radius 1 is 1.04 bits per heavy atom. The first-order valence-corrected chi connectivity index (χ1v) is 9.96. The fraction of sp³-hybridized carbons (Fsp3) is 0.100. The molecule has 1 aliphatic heterocycles. The van der Waals surface area contributed by atoms with Crippen LogP contribution in [0, 0.1) is 0 Å². The highest BCUT2D eigenvalue weighted by Gasteiger charge is 2.44. The van der Waals surface area contributed by atoms with Gasteiger partial charge in [-0.15, -0.1) is 22.7 Å². The highest BCUT2D eigenvalue weighted by molar-refractivity contribution is 7.12. The summed E-state index contributed by atoms with van der Waals surface area (Å²) < 4.78 is 0. The van der Waals surface area contributed by atoms with Crippen LogP contribution in [0.5, 0.6) is 5.75 Å². The lowest BCUT2D eigenvalue weighted by Gasteiger charge is -2.26. The maximum absolute atomic E-state index is 13.0. The number of benzene rings is 1. The van der Waals surface area contributed by atoms with Crippen molar-refractivity contribution in [3.8, 4) is 5.75 Å². The van der Waals surface area contributed by atoms with Gasteiger partial charge in [-0.05, 0) is 40.6 Å². The second-order valence-electron chi connectivity index (χ2n) is 6.08. The van der Waals surface area contributed by atoms with Gasteiger partial charge in [0.2, 0.25) is 5.78 Å². The van der Waals surface area contributed by atoms with E-state index in [1.54, 1.807) is 29.6 Å². The van der Waals surface area contributed by atoms with Crippen molar-refractivity contribution in [1.29, 1.82) is 0 Å². The van der Waals surface area contributed by atoms with E-state index in [1.165, 1.54) is 39.7 Å². The van der Waals surface area contributed by atoms with E-state index in [0.29, 0.717) is 10.4 Å². The number of rotatable bonds is 5. The molecule has 3 aromatic rings. The fourth-order valence-electron chi connectivity index (χ4n) is 3.20. The maximum Gasteiger partial charge on any atom is 0.290 e. The molecule has 0 aliphatic carbocycles. The van der Waals surface area contributed by atoms with Crippen molar-refractivity contribution >= 4 is 34.4 Å². The second-order valence-corrected chi connectivity index (χ2v) is 8.06. The van der Waals surface area contributed by atoms with Crippen molar-refractivity contribution in [3.05, 3.63) is 85.9 Å². The number of aromatic hydroxyl groups is 1. The van der Waals surface area contributed by atoms with Crippen LogP contribution in [-0.2, 0) is 11.3 Å². The molecule has 0 saturated carbocycles. The van der Waals surface area contributed by atoms with E-state index >= 15 is 0 Å². The Kier molecular flexibility index (Phi) is 4.55. The number of carbonyl (C=O) groups excluding carboxylic acids is 2. The molecule has 0 fully saturated rings. The van der Waals surface area contributed by atoms with E-state index in [4.69, 9.17) is 0 Å². The Balaban J connectivity index is 1.81. The quantitative estimate of drug-likeness (QED) is 0.630. The highest BCUT2D eigenvalue weighted by Crippen LogP contribution is 2.41. The molecule has 27 heavy (non-hydrogen) atoms. The van der Waals surface area contributed by atoms with E-state index in [2.05, 4.69) is 0 Å². The van der Waals surface area contributed by atoms with E-state index < -0.39 is 17.7 Å². The molecule has 136 valence electrons. The van der Waals surface area contributed by atoms with Gasteiger partial charge < -0.3 is 15.1 Å². The van der Waals surface area contributed by atoms with E-state index in [0.717, 1.165) is 4.88 Å². The molecule has 4 rings (SSSR count). The molecule has 5 nitrogen and oxygen atoms in total. The summed E-state index contributed by atoms with van der Waals surface area (Å²) in [4.78, 5) is 28.7. The standard InChI is InChI=1S/C20H15NO4S2/c22-13-5-1-4-12(10-13)17-16(18(23)15-7-3-9-27-15)19(24)20(25)21(17)11-14-6-2-8-26-14/h1-10,17,22,24H,11H2. The molecule has 1 unspecified atom stereocenters. The summed E-state index contributed by atoms with van der Waals surface area (Å²) in [6.45, 7) is 0.266. The topological polar surface area (TPSA) is 77.8 Å². The number of phenols is 1. The average Bonchev–Trinajstić information content (AvgIpc) is 3.40. The summed E-state index contributed by atoms with van der Waals surface area (Å²) in [5.41, 5.74) is 0.619. The molecule has 1 aliphatic rings. The molecule has 7 heteroatoms. The van der Waals surface area contributed by atoms with Crippen LogP contribution in [-0.4, -0.2) is 26.8 Å². The Labute approximate surface area is 163 Å². The third kappa shape index (κ3) is 3.15. The number of hydrogen-bond donors (Lipinski definition) is 2. The van der Waals surface area contributed by atoms with Crippen molar-refractivity contribution in [2.45, 2.75) is 12.6 Å². The summed E-state index contributed by atoms with van der Waals surface area (Å²) in [5, 5.41) is 24.1. The molecule has 2 aromatic heterocycles. The maximum atomic E-state index is 13.0. The van der Waals surface area contributed by atoms with Crippen molar-refractivity contribution in [1.82, 2.24) is 4.90 Å². The SMILES string of the molecule is O=C(C1=C(O)C(=O)N(Cc2cccs2)C1c1cccc(O)c1)c1cccs1. The molecule has 0 bridgehead atoms. The smallest absolute Gasteiger partial charge is 0.290 e. The van der Waals surface area contributed by atoms with Crippen LogP contribution in [0.25, 0.3) is 0 Å². The van der Waals surface area contributed by atoms with Crippen LogP contribution in [0.15, 0.2) is 70.6 Å². The van der Waals surface area contributed by atoms with Gasteiger partial charge in [-0.2, -0.15) is 0 Å². The minimum absolute atomic E-state index is 0.0327. The monoisotopic (exact) mass is 397 g/mol. The number of nitrogens with zero attached hydrogens (tertiary/aromatic N) is 1. The molecule has 1 aromatic carbocycles. The van der Waals surface area contributed by atoms with Crippen molar-refractivity contribution < 1.29 is 19.8 Å². The molecular formula is C20H15NO4S2. The van der Waals surface area contributed by atoms with Crippen molar-refractivity contribution in [2.75, 3.05) is 0 Å². The minimum Gasteiger partial charge on any atom is -0.508 e. The van der Waals surface area contributed by atoms with Crippen LogP contribution in [0.1, 0.15) is 26.2 Å². The van der Waals surface area contributed by atoms with Gasteiger partial charge in [0, 0.05) is 4.88 Å². The first kappa shape index (κ1) is 17.5. The van der Waals surface area contributed by atoms with E-state index in [-0.39, 0.29) is 23.7 Å². The van der Waals surface area contributed by atoms with Gasteiger partial charge in [-0.3, -0.25) is 9.59 Å². The fourth-order valence-corrected chi connectivity index (χ4v) is 4.58. The van der Waals surface area contributed by atoms with E-state index in [9.17, 15) is 19.8 Å². The first-order valence-electron chi connectivity index (χ1n) is 8.20. The van der Waals surface area contributed by atoms with Gasteiger partial charge in [0.1, 0.15) is 5.75 Å². The lowest BCUT2D eigenvalue weighted by atomic mass is 9.95. The molecule has 0 radical (unpaired) electrons. The number of thiophene rings is 2. The zero-order chi connectivity index (χ0) is 19.0. The summed E-state index contributed by atoms with van der Waals surface area (Å²) in [7, 11) is 0. The summed E-state index contributed by atoms with van der Waals surface area (Å²) >= 11 is 2.75. The van der Waals surface area contributed by atoms with Gasteiger partial charge >= 0.3 is 0 Å². The molecule has 1 amide bonds. The van der Waals surface area contributed by atoms with Gasteiger partial charge in [-0.1, -0.05) is 24.3 Å². The van der Waals surface area contributed by atoms with Crippen LogP contribution in [0.4, 0.5) is 0 Å². The predicted octanol–water partition coefficient (Wildman–Crippen LogP) is 4.29. The van der Waals surface area contributed by atoms with Crippen LogP contribution >= 0.6 is 22.7 Å². The highest BCUT2D eigenvalue weighted by atomic mass is 32.1. The molecule has 3 heterocycles. The average molecular weight is 397 g/mol. The number of aliphatic hydroxyl groups is 1. The number of amides is 1. The Bertz CT molecular complexity index is 1020. The van der Waals surface area contributed by atoms with Crippen molar-refractivity contribution in [3.63, 3.8) is 0 Å². The van der Waals surface area contributed by atoms with Gasteiger partial charge in [-0.25, -0.2) is 0 Å². The molecule has 1 atom stereocenters. The van der Waals surface area contributed by atoms with Gasteiger partial charge in [0.05, 0.1) is 23.0 Å². The number of hydrogen-bond acceptors (Lipinski definition) is 6. The van der Waals surface area contributed by atoms with Crippen LogP contribution < -0.4 is 0 Å².